The Bertz CT molecular complexity index is 506. The van der Waals surface area contributed by atoms with Gasteiger partial charge in [-0.15, -0.1) is 0 Å². The molecule has 0 aliphatic rings. The highest BCUT2D eigenvalue weighted by atomic mass is 32.2. The first-order valence-electron chi connectivity index (χ1n) is 5.22. The van der Waals surface area contributed by atoms with Crippen LogP contribution in [-0.2, 0) is 10.8 Å². The Morgan fingerprint density at radius 3 is 2.81 bits per heavy atom. The maximum atomic E-state index is 12.0. The van der Waals surface area contributed by atoms with Crippen molar-refractivity contribution in [2.75, 3.05) is 5.75 Å². The molecule has 1 unspecified atom stereocenters. The second-order valence-corrected chi connectivity index (χ2v) is 5.21. The lowest BCUT2D eigenvalue weighted by Gasteiger charge is -2.11. The summed E-state index contributed by atoms with van der Waals surface area (Å²) in [5, 5.41) is 4.21. The first kappa shape index (κ1) is 11.1. The lowest BCUT2D eigenvalue weighted by molar-refractivity contribution is 0.682. The molecule has 2 rings (SSSR count). The summed E-state index contributed by atoms with van der Waals surface area (Å²) in [7, 11) is -0.958. The zero-order valence-electron chi connectivity index (χ0n) is 9.38. The van der Waals surface area contributed by atoms with Gasteiger partial charge in [-0.3, -0.25) is 4.21 Å². The van der Waals surface area contributed by atoms with Crippen LogP contribution >= 0.6 is 0 Å². The fourth-order valence-corrected chi connectivity index (χ4v) is 2.68. The molecule has 0 radical (unpaired) electrons. The molecular weight excluding hydrogens is 220 g/mol. The van der Waals surface area contributed by atoms with Crippen LogP contribution in [0.3, 0.4) is 0 Å². The minimum Gasteiger partial charge on any atom is -0.254 e. The Morgan fingerprint density at radius 2 is 2.19 bits per heavy atom. The van der Waals surface area contributed by atoms with E-state index >= 15 is 0 Å². The van der Waals surface area contributed by atoms with E-state index in [0.29, 0.717) is 5.75 Å². The minimum atomic E-state index is -0.958. The van der Waals surface area contributed by atoms with Gasteiger partial charge in [0.25, 0.3) is 0 Å². The summed E-state index contributed by atoms with van der Waals surface area (Å²) in [4.78, 5) is 0.853. The van der Waals surface area contributed by atoms with E-state index in [9.17, 15) is 4.21 Å². The van der Waals surface area contributed by atoms with Gasteiger partial charge in [-0.1, -0.05) is 19.1 Å². The van der Waals surface area contributed by atoms with Crippen LogP contribution < -0.4 is 0 Å². The topological polar surface area (TPSA) is 34.9 Å². The van der Waals surface area contributed by atoms with Crippen molar-refractivity contribution >= 4 is 10.8 Å². The molecule has 1 heterocycles. The smallest absolute Gasteiger partial charge is 0.0836 e. The van der Waals surface area contributed by atoms with Gasteiger partial charge in [0, 0.05) is 18.1 Å². The number of rotatable bonds is 3. The van der Waals surface area contributed by atoms with Crippen molar-refractivity contribution in [3.63, 3.8) is 0 Å². The van der Waals surface area contributed by atoms with Crippen molar-refractivity contribution in [3.8, 4) is 5.69 Å². The molecule has 0 aliphatic carbocycles. The molecule has 4 heteroatoms. The molecule has 84 valence electrons. The Hall–Kier alpha value is -1.42. The molecule has 0 amide bonds. The Morgan fingerprint density at radius 1 is 1.38 bits per heavy atom. The predicted octanol–water partition coefficient (Wildman–Crippen LogP) is 2.31. The first-order valence-corrected chi connectivity index (χ1v) is 6.54. The van der Waals surface area contributed by atoms with Gasteiger partial charge in [0.2, 0.25) is 0 Å². The molecule has 0 saturated heterocycles. The third-order valence-electron chi connectivity index (χ3n) is 2.44. The highest BCUT2D eigenvalue weighted by Crippen LogP contribution is 2.21. The molecule has 0 aliphatic heterocycles. The van der Waals surface area contributed by atoms with E-state index < -0.39 is 10.8 Å². The van der Waals surface area contributed by atoms with Crippen LogP contribution in [0.4, 0.5) is 0 Å². The molecular formula is C12H14N2OS. The molecule has 0 saturated carbocycles. The van der Waals surface area contributed by atoms with E-state index in [4.69, 9.17) is 0 Å². The number of para-hydroxylation sites is 1. The summed E-state index contributed by atoms with van der Waals surface area (Å²) < 4.78 is 13.7. The highest BCUT2D eigenvalue weighted by molar-refractivity contribution is 7.85. The van der Waals surface area contributed by atoms with Gasteiger partial charge >= 0.3 is 0 Å². The monoisotopic (exact) mass is 234 g/mol. The summed E-state index contributed by atoms with van der Waals surface area (Å²) in [6.45, 7) is 3.93. The van der Waals surface area contributed by atoms with Crippen molar-refractivity contribution < 1.29 is 4.21 Å². The molecule has 0 spiro atoms. The molecule has 1 aromatic carbocycles. The van der Waals surface area contributed by atoms with Gasteiger partial charge in [0.1, 0.15) is 0 Å². The van der Waals surface area contributed by atoms with Gasteiger partial charge in [-0.25, -0.2) is 4.68 Å². The number of hydrogen-bond donors (Lipinski definition) is 0. The second-order valence-electron chi connectivity index (χ2n) is 3.51. The average molecular weight is 234 g/mol. The number of hydrogen-bond acceptors (Lipinski definition) is 2. The van der Waals surface area contributed by atoms with Crippen molar-refractivity contribution in [2.24, 2.45) is 0 Å². The molecule has 16 heavy (non-hydrogen) atoms. The molecule has 1 aromatic heterocycles. The third-order valence-corrected chi connectivity index (χ3v) is 3.79. The van der Waals surface area contributed by atoms with Crippen LogP contribution in [0, 0.1) is 6.92 Å². The van der Waals surface area contributed by atoms with Crippen LogP contribution in [0.5, 0.6) is 0 Å². The van der Waals surface area contributed by atoms with Gasteiger partial charge in [0.05, 0.1) is 21.4 Å². The zero-order chi connectivity index (χ0) is 11.5. The lowest BCUT2D eigenvalue weighted by Crippen LogP contribution is -2.05. The number of nitrogens with zero attached hydrogens (tertiary/aromatic N) is 2. The summed E-state index contributed by atoms with van der Waals surface area (Å²) in [5.41, 5.74) is 2.02. The molecule has 1 atom stereocenters. The van der Waals surface area contributed by atoms with Gasteiger partial charge in [-0.05, 0) is 24.6 Å². The summed E-state index contributed by atoms with van der Waals surface area (Å²) in [6, 6.07) is 7.72. The minimum absolute atomic E-state index is 0.623. The molecule has 0 fully saturated rings. The summed E-state index contributed by atoms with van der Waals surface area (Å²) in [5.74, 6) is 0.623. The Balaban J connectivity index is 2.62. The number of aromatic nitrogens is 2. The standard InChI is InChI=1S/C12H14N2OS/c1-3-16(15)11-7-4-6-10(2)12(11)14-9-5-8-13-14/h4-9H,3H2,1-2H3. The molecule has 0 bridgehead atoms. The normalized spacial score (nSPS) is 12.6. The van der Waals surface area contributed by atoms with Crippen LogP contribution in [0.1, 0.15) is 12.5 Å². The lowest BCUT2D eigenvalue weighted by atomic mass is 10.2. The van der Waals surface area contributed by atoms with Gasteiger partial charge in [0.15, 0.2) is 0 Å². The van der Waals surface area contributed by atoms with Crippen LogP contribution in [-0.4, -0.2) is 19.7 Å². The van der Waals surface area contributed by atoms with E-state index in [-0.39, 0.29) is 0 Å². The van der Waals surface area contributed by atoms with Gasteiger partial charge < -0.3 is 0 Å². The molecule has 2 aromatic rings. The van der Waals surface area contributed by atoms with Crippen molar-refractivity contribution in [3.05, 3.63) is 42.2 Å². The van der Waals surface area contributed by atoms with E-state index in [1.165, 1.54) is 0 Å². The maximum Gasteiger partial charge on any atom is 0.0836 e. The number of benzene rings is 1. The first-order chi connectivity index (χ1) is 7.74. The average Bonchev–Trinajstić information content (AvgIpc) is 2.81. The number of aryl methyl sites for hydroxylation is 1. The molecule has 3 nitrogen and oxygen atoms in total. The third kappa shape index (κ3) is 1.93. The summed E-state index contributed by atoms with van der Waals surface area (Å²) in [6.07, 6.45) is 3.60. The fourth-order valence-electron chi connectivity index (χ4n) is 1.67. The predicted molar refractivity (Wildman–Crippen MR) is 65.3 cm³/mol. The molecule has 0 N–H and O–H groups in total. The van der Waals surface area contributed by atoms with Crippen molar-refractivity contribution in [1.82, 2.24) is 9.78 Å². The van der Waals surface area contributed by atoms with E-state index in [1.807, 2.05) is 44.3 Å². The Kier molecular flexibility index (Phi) is 3.19. The van der Waals surface area contributed by atoms with E-state index in [0.717, 1.165) is 16.1 Å². The quantitative estimate of drug-likeness (QED) is 0.816. The SMILES string of the molecule is CCS(=O)c1cccc(C)c1-n1cccn1. The zero-order valence-corrected chi connectivity index (χ0v) is 10.2. The van der Waals surface area contributed by atoms with Gasteiger partial charge in [-0.2, -0.15) is 5.10 Å². The van der Waals surface area contributed by atoms with E-state index in [2.05, 4.69) is 5.10 Å². The Labute approximate surface area is 97.6 Å². The van der Waals surface area contributed by atoms with Crippen LogP contribution in [0.2, 0.25) is 0 Å². The highest BCUT2D eigenvalue weighted by Gasteiger charge is 2.12. The van der Waals surface area contributed by atoms with Crippen LogP contribution in [0.15, 0.2) is 41.6 Å². The summed E-state index contributed by atoms with van der Waals surface area (Å²) >= 11 is 0. The van der Waals surface area contributed by atoms with Crippen molar-refractivity contribution in [2.45, 2.75) is 18.7 Å². The second kappa shape index (κ2) is 4.61. The van der Waals surface area contributed by atoms with Crippen molar-refractivity contribution in [1.29, 1.82) is 0 Å². The van der Waals surface area contributed by atoms with E-state index in [1.54, 1.807) is 10.9 Å². The van der Waals surface area contributed by atoms with Crippen LogP contribution in [0.25, 0.3) is 5.69 Å². The fraction of sp³-hybridized carbons (Fsp3) is 0.250. The largest absolute Gasteiger partial charge is 0.254 e. The maximum absolute atomic E-state index is 12.0.